The SMILES string of the molecule is c1ccc(-c2ccc3c(c2)B2c4cc(-c5ccccc5)ccc4N(c4ccccc4-c4ccccc4)c4cc(-n5c6c(-c7ccccc7)cccc6c6cccc(-c7ccccc7)c65)cc(c42)N3)cc1. The summed E-state index contributed by atoms with van der Waals surface area (Å²) in [4.78, 5) is 2.56. The highest BCUT2D eigenvalue weighted by molar-refractivity contribution is 7.00. The minimum atomic E-state index is -0.0735. The Hall–Kier alpha value is -9.12. The van der Waals surface area contributed by atoms with Crippen LogP contribution < -0.4 is 26.6 Å². The minimum absolute atomic E-state index is 0.0735. The highest BCUT2D eigenvalue weighted by Gasteiger charge is 2.42. The summed E-state index contributed by atoms with van der Waals surface area (Å²) in [6.45, 7) is -0.0735. The summed E-state index contributed by atoms with van der Waals surface area (Å²) < 4.78 is 2.56. The van der Waals surface area contributed by atoms with Crippen LogP contribution in [0.15, 0.2) is 261 Å². The molecule has 0 saturated heterocycles. The molecular weight excluding hydrogens is 846 g/mol. The fraction of sp³-hybridized carbons (Fsp3) is 0. The topological polar surface area (TPSA) is 20.2 Å². The Balaban J connectivity index is 1.12. The van der Waals surface area contributed by atoms with Gasteiger partial charge in [0.1, 0.15) is 0 Å². The first kappa shape index (κ1) is 40.0. The number of benzene rings is 11. The first-order valence-electron chi connectivity index (χ1n) is 24.2. The van der Waals surface area contributed by atoms with E-state index < -0.39 is 0 Å². The lowest BCUT2D eigenvalue weighted by Gasteiger charge is -2.42. The Kier molecular flexibility index (Phi) is 9.31. The van der Waals surface area contributed by atoms with Gasteiger partial charge in [-0.15, -0.1) is 0 Å². The van der Waals surface area contributed by atoms with E-state index in [1.54, 1.807) is 0 Å². The molecule has 0 fully saturated rings. The molecule has 0 amide bonds. The number of fused-ring (bicyclic) bond motifs is 7. The Bertz CT molecular complexity index is 3860. The number of hydrogen-bond donors (Lipinski definition) is 1. The van der Waals surface area contributed by atoms with Crippen molar-refractivity contribution in [3.8, 4) is 61.3 Å². The molecule has 14 rings (SSSR count). The molecule has 0 unspecified atom stereocenters. The van der Waals surface area contributed by atoms with Crippen LogP contribution in [0.25, 0.3) is 83.1 Å². The highest BCUT2D eigenvalue weighted by Crippen LogP contribution is 2.48. The third kappa shape index (κ3) is 6.38. The van der Waals surface area contributed by atoms with Crippen molar-refractivity contribution >= 4 is 73.3 Å². The number of nitrogens with zero attached hydrogens (tertiary/aromatic N) is 2. The number of hydrogen-bond acceptors (Lipinski definition) is 2. The smallest absolute Gasteiger partial charge is 0.252 e. The van der Waals surface area contributed by atoms with E-state index in [0.717, 1.165) is 28.4 Å². The summed E-state index contributed by atoms with van der Waals surface area (Å²) >= 11 is 0. The van der Waals surface area contributed by atoms with E-state index in [0.29, 0.717) is 0 Å². The first-order chi connectivity index (χ1) is 34.7. The molecule has 4 heteroatoms. The van der Waals surface area contributed by atoms with Gasteiger partial charge in [0.25, 0.3) is 6.71 Å². The van der Waals surface area contributed by atoms with Crippen molar-refractivity contribution in [3.05, 3.63) is 261 Å². The Labute approximate surface area is 408 Å². The van der Waals surface area contributed by atoms with Gasteiger partial charge in [0.2, 0.25) is 0 Å². The molecule has 2 aliphatic heterocycles. The molecular formula is C66H44BN3. The van der Waals surface area contributed by atoms with E-state index in [9.17, 15) is 0 Å². The zero-order valence-corrected chi connectivity index (χ0v) is 38.3. The normalized spacial score (nSPS) is 12.3. The van der Waals surface area contributed by atoms with Crippen LogP contribution in [0.2, 0.25) is 0 Å². The van der Waals surface area contributed by atoms with Crippen LogP contribution in [-0.4, -0.2) is 11.3 Å². The Morgan fingerprint density at radius 3 is 1.34 bits per heavy atom. The zero-order valence-electron chi connectivity index (χ0n) is 38.3. The number of anilines is 5. The minimum Gasteiger partial charge on any atom is -0.356 e. The molecule has 0 spiro atoms. The van der Waals surface area contributed by atoms with Crippen LogP contribution in [0.3, 0.4) is 0 Å². The van der Waals surface area contributed by atoms with Gasteiger partial charge in [0.15, 0.2) is 0 Å². The summed E-state index contributed by atoms with van der Waals surface area (Å²) in [5.41, 5.74) is 24.8. The van der Waals surface area contributed by atoms with Gasteiger partial charge in [-0.3, -0.25) is 0 Å². The molecule has 0 aliphatic carbocycles. The summed E-state index contributed by atoms with van der Waals surface area (Å²) in [7, 11) is 0. The molecule has 0 bridgehead atoms. The van der Waals surface area contributed by atoms with Crippen LogP contribution in [0, 0.1) is 0 Å². The molecule has 0 atom stereocenters. The van der Waals surface area contributed by atoms with Crippen molar-refractivity contribution in [2.24, 2.45) is 0 Å². The highest BCUT2D eigenvalue weighted by atomic mass is 15.2. The van der Waals surface area contributed by atoms with Gasteiger partial charge in [-0.2, -0.15) is 0 Å². The number of aromatic nitrogens is 1. The van der Waals surface area contributed by atoms with E-state index in [1.165, 1.54) is 99.5 Å². The predicted octanol–water partition coefficient (Wildman–Crippen LogP) is 15.5. The first-order valence-corrected chi connectivity index (χ1v) is 24.2. The van der Waals surface area contributed by atoms with Crippen LogP contribution >= 0.6 is 0 Å². The molecule has 70 heavy (non-hydrogen) atoms. The van der Waals surface area contributed by atoms with Gasteiger partial charge in [0.05, 0.1) is 22.4 Å². The monoisotopic (exact) mass is 889 g/mol. The maximum absolute atomic E-state index is 4.10. The van der Waals surface area contributed by atoms with E-state index in [2.05, 4.69) is 276 Å². The third-order valence-corrected chi connectivity index (χ3v) is 14.6. The summed E-state index contributed by atoms with van der Waals surface area (Å²) in [5.74, 6) is 0. The molecule has 3 heterocycles. The van der Waals surface area contributed by atoms with Gasteiger partial charge >= 0.3 is 0 Å². The van der Waals surface area contributed by atoms with Crippen LogP contribution in [0.5, 0.6) is 0 Å². The molecule has 0 saturated carbocycles. The molecule has 11 aromatic carbocycles. The van der Waals surface area contributed by atoms with E-state index in [4.69, 9.17) is 0 Å². The van der Waals surface area contributed by atoms with Gasteiger partial charge in [-0.05, 0) is 85.7 Å². The van der Waals surface area contributed by atoms with Crippen molar-refractivity contribution in [1.29, 1.82) is 0 Å². The summed E-state index contributed by atoms with van der Waals surface area (Å²) in [6, 6.07) is 95.8. The van der Waals surface area contributed by atoms with Gasteiger partial charge in [0, 0.05) is 50.2 Å². The fourth-order valence-electron chi connectivity index (χ4n) is 11.5. The standard InChI is InChI=1S/C66H44BN3/c1-6-20-44(21-7-1)49-36-38-59-57(40-49)67-58-41-50(45-22-8-2-9-23-45)37-39-62(58)70(61-35-17-16-30-52(61)46-24-10-3-11-25-46)63-43-51(42-60(68-59)64(63)67)69-65-53(47-26-12-4-13-27-47)31-18-33-55(65)56-34-19-32-54(66(56)69)48-28-14-5-15-29-48/h1-43,68H. The lowest BCUT2D eigenvalue weighted by molar-refractivity contribution is 1.17. The number of para-hydroxylation sites is 3. The fourth-order valence-corrected chi connectivity index (χ4v) is 11.5. The maximum atomic E-state index is 4.10. The molecule has 3 nitrogen and oxygen atoms in total. The van der Waals surface area contributed by atoms with Crippen molar-refractivity contribution < 1.29 is 0 Å². The average Bonchev–Trinajstić information content (AvgIpc) is 3.79. The Morgan fingerprint density at radius 1 is 0.300 bits per heavy atom. The second kappa shape index (κ2) is 16.3. The number of nitrogens with one attached hydrogen (secondary N) is 1. The third-order valence-electron chi connectivity index (χ3n) is 14.6. The molecule has 0 radical (unpaired) electrons. The van der Waals surface area contributed by atoms with Crippen molar-refractivity contribution in [2.45, 2.75) is 0 Å². The lowest BCUT2D eigenvalue weighted by atomic mass is 9.33. The average molecular weight is 890 g/mol. The Morgan fingerprint density at radius 2 is 0.771 bits per heavy atom. The largest absolute Gasteiger partial charge is 0.356 e. The quantitative estimate of drug-likeness (QED) is 0.161. The maximum Gasteiger partial charge on any atom is 0.252 e. The molecule has 1 N–H and O–H groups in total. The number of rotatable bonds is 7. The molecule has 2 aliphatic rings. The lowest BCUT2D eigenvalue weighted by Crippen LogP contribution is -2.60. The van der Waals surface area contributed by atoms with E-state index >= 15 is 0 Å². The van der Waals surface area contributed by atoms with Crippen LogP contribution in [0.1, 0.15) is 0 Å². The van der Waals surface area contributed by atoms with Crippen LogP contribution in [-0.2, 0) is 0 Å². The van der Waals surface area contributed by atoms with E-state index in [1.807, 2.05) is 0 Å². The molecule has 12 aromatic rings. The second-order valence-electron chi connectivity index (χ2n) is 18.5. The second-order valence-corrected chi connectivity index (χ2v) is 18.5. The van der Waals surface area contributed by atoms with Gasteiger partial charge in [-0.1, -0.05) is 231 Å². The summed E-state index contributed by atoms with van der Waals surface area (Å²) in [5, 5.41) is 6.54. The van der Waals surface area contributed by atoms with Crippen molar-refractivity contribution in [3.63, 3.8) is 0 Å². The summed E-state index contributed by atoms with van der Waals surface area (Å²) in [6.07, 6.45) is 0. The van der Waals surface area contributed by atoms with E-state index in [-0.39, 0.29) is 6.71 Å². The predicted molar refractivity (Wildman–Crippen MR) is 297 cm³/mol. The van der Waals surface area contributed by atoms with Crippen molar-refractivity contribution in [1.82, 2.24) is 4.57 Å². The molecule has 326 valence electrons. The zero-order chi connectivity index (χ0) is 46.1. The van der Waals surface area contributed by atoms with Gasteiger partial charge < -0.3 is 14.8 Å². The van der Waals surface area contributed by atoms with Crippen molar-refractivity contribution in [2.75, 3.05) is 10.2 Å². The molecule has 1 aromatic heterocycles. The van der Waals surface area contributed by atoms with Gasteiger partial charge in [-0.25, -0.2) is 0 Å². The van der Waals surface area contributed by atoms with Crippen LogP contribution in [0.4, 0.5) is 28.4 Å².